The molecular formula is C14H15BrN2O2. The van der Waals surface area contributed by atoms with Crippen molar-refractivity contribution in [3.63, 3.8) is 0 Å². The maximum absolute atomic E-state index is 5.92. The van der Waals surface area contributed by atoms with E-state index in [1.54, 1.807) is 19.5 Å². The van der Waals surface area contributed by atoms with Crippen molar-refractivity contribution in [1.82, 2.24) is 4.98 Å². The zero-order valence-corrected chi connectivity index (χ0v) is 12.1. The summed E-state index contributed by atoms with van der Waals surface area (Å²) >= 11 is 3.46. The lowest BCUT2D eigenvalue weighted by atomic mass is 10.1. The molecule has 1 unspecified atom stereocenters. The molecule has 0 aliphatic carbocycles. The molecule has 0 spiro atoms. The lowest BCUT2D eigenvalue weighted by molar-refractivity contribution is 0.212. The second-order valence-electron chi connectivity index (χ2n) is 3.92. The van der Waals surface area contributed by atoms with E-state index >= 15 is 0 Å². The molecule has 0 aliphatic rings. The fraction of sp³-hybridized carbons (Fsp3) is 0.214. The van der Waals surface area contributed by atoms with Gasteiger partial charge < -0.3 is 15.2 Å². The summed E-state index contributed by atoms with van der Waals surface area (Å²) in [6, 6.07) is 9.35. The van der Waals surface area contributed by atoms with Gasteiger partial charge in [0.05, 0.1) is 11.6 Å². The van der Waals surface area contributed by atoms with Crippen LogP contribution >= 0.6 is 15.9 Å². The smallest absolute Gasteiger partial charge is 0.136 e. The summed E-state index contributed by atoms with van der Waals surface area (Å²) in [5.74, 6) is 1.50. The molecule has 1 heterocycles. The number of benzene rings is 1. The van der Waals surface area contributed by atoms with Gasteiger partial charge in [0, 0.05) is 18.9 Å². The first-order valence-corrected chi connectivity index (χ1v) is 6.64. The number of nitrogens with two attached hydrogens (primary N) is 1. The van der Waals surface area contributed by atoms with E-state index in [4.69, 9.17) is 15.2 Å². The van der Waals surface area contributed by atoms with Crippen LogP contribution in [0.5, 0.6) is 11.5 Å². The first-order chi connectivity index (χ1) is 9.24. The largest absolute Gasteiger partial charge is 0.497 e. The Morgan fingerprint density at radius 2 is 2.00 bits per heavy atom. The Morgan fingerprint density at radius 1 is 1.26 bits per heavy atom. The number of aromatic nitrogens is 1. The molecule has 2 N–H and O–H groups in total. The molecule has 2 rings (SSSR count). The first kappa shape index (κ1) is 13.8. The highest BCUT2D eigenvalue weighted by molar-refractivity contribution is 9.10. The fourth-order valence-corrected chi connectivity index (χ4v) is 2.14. The van der Waals surface area contributed by atoms with E-state index in [2.05, 4.69) is 20.9 Å². The molecule has 1 aromatic heterocycles. The van der Waals surface area contributed by atoms with Crippen molar-refractivity contribution in [3.8, 4) is 11.5 Å². The molecule has 1 aromatic carbocycles. The van der Waals surface area contributed by atoms with Gasteiger partial charge in [-0.05, 0) is 51.8 Å². The maximum atomic E-state index is 5.92. The minimum absolute atomic E-state index is 0.201. The minimum atomic E-state index is -0.201. The summed E-state index contributed by atoms with van der Waals surface area (Å²) in [6.07, 6.45) is 3.25. The van der Waals surface area contributed by atoms with Crippen LogP contribution in [0.15, 0.2) is 47.2 Å². The third-order valence-electron chi connectivity index (χ3n) is 2.70. The maximum Gasteiger partial charge on any atom is 0.136 e. The van der Waals surface area contributed by atoms with Crippen LogP contribution < -0.4 is 15.2 Å². The second kappa shape index (κ2) is 6.54. The van der Waals surface area contributed by atoms with E-state index < -0.39 is 0 Å². The number of hydrogen-bond donors (Lipinski definition) is 1. The van der Waals surface area contributed by atoms with Gasteiger partial charge in [-0.1, -0.05) is 0 Å². The van der Waals surface area contributed by atoms with Gasteiger partial charge in [0.2, 0.25) is 0 Å². The molecule has 19 heavy (non-hydrogen) atoms. The number of nitrogens with zero attached hydrogens (tertiary/aromatic N) is 1. The summed E-state index contributed by atoms with van der Waals surface area (Å²) in [7, 11) is 1.63. The molecule has 0 saturated carbocycles. The minimum Gasteiger partial charge on any atom is -0.497 e. The number of pyridine rings is 1. The van der Waals surface area contributed by atoms with Gasteiger partial charge in [-0.15, -0.1) is 0 Å². The molecule has 100 valence electrons. The molecule has 0 saturated heterocycles. The molecule has 0 aliphatic heterocycles. The molecular weight excluding hydrogens is 308 g/mol. The highest BCUT2D eigenvalue weighted by Crippen LogP contribution is 2.32. The van der Waals surface area contributed by atoms with E-state index in [1.807, 2.05) is 30.3 Å². The average molecular weight is 323 g/mol. The highest BCUT2D eigenvalue weighted by atomic mass is 79.9. The summed E-state index contributed by atoms with van der Waals surface area (Å²) in [4.78, 5) is 3.99. The molecule has 2 aromatic rings. The topological polar surface area (TPSA) is 57.4 Å². The Labute approximate surface area is 120 Å². The van der Waals surface area contributed by atoms with Gasteiger partial charge in [-0.2, -0.15) is 0 Å². The van der Waals surface area contributed by atoms with E-state index in [-0.39, 0.29) is 6.10 Å². The predicted molar refractivity (Wildman–Crippen MR) is 77.4 cm³/mol. The Bertz CT molecular complexity index is 534. The first-order valence-electron chi connectivity index (χ1n) is 5.84. The van der Waals surface area contributed by atoms with Gasteiger partial charge >= 0.3 is 0 Å². The number of ether oxygens (including phenoxy) is 2. The quantitative estimate of drug-likeness (QED) is 0.919. The Hall–Kier alpha value is -1.59. The van der Waals surface area contributed by atoms with Gasteiger partial charge in [-0.25, -0.2) is 0 Å². The van der Waals surface area contributed by atoms with Crippen LogP contribution in [0.25, 0.3) is 0 Å². The summed E-state index contributed by atoms with van der Waals surface area (Å²) in [6.45, 7) is 0.391. The van der Waals surface area contributed by atoms with Crippen molar-refractivity contribution in [1.29, 1.82) is 0 Å². The number of methoxy groups -OCH3 is 1. The SMILES string of the molecule is COc1ccc(OC(CN)c2ccncc2)c(Br)c1. The molecule has 1 atom stereocenters. The fourth-order valence-electron chi connectivity index (χ4n) is 1.69. The van der Waals surface area contributed by atoms with Gasteiger partial charge in [0.15, 0.2) is 0 Å². The average Bonchev–Trinajstić information content (AvgIpc) is 2.47. The van der Waals surface area contributed by atoms with Crippen molar-refractivity contribution in [2.45, 2.75) is 6.10 Å². The zero-order valence-electron chi connectivity index (χ0n) is 10.5. The van der Waals surface area contributed by atoms with Gasteiger partial charge in [-0.3, -0.25) is 4.98 Å². The number of hydrogen-bond acceptors (Lipinski definition) is 4. The second-order valence-corrected chi connectivity index (χ2v) is 4.77. The lowest BCUT2D eigenvalue weighted by Gasteiger charge is -2.18. The molecule has 0 bridgehead atoms. The zero-order chi connectivity index (χ0) is 13.7. The molecule has 0 amide bonds. The summed E-state index contributed by atoms with van der Waals surface area (Å²) in [5, 5.41) is 0. The Morgan fingerprint density at radius 3 is 2.58 bits per heavy atom. The normalized spacial score (nSPS) is 11.9. The molecule has 0 fully saturated rings. The van der Waals surface area contributed by atoms with E-state index in [1.165, 1.54) is 0 Å². The van der Waals surface area contributed by atoms with Crippen LogP contribution in [-0.2, 0) is 0 Å². The number of halogens is 1. The van der Waals surface area contributed by atoms with Crippen molar-refractivity contribution >= 4 is 15.9 Å². The van der Waals surface area contributed by atoms with Crippen LogP contribution in [0, 0.1) is 0 Å². The molecule has 5 heteroatoms. The van der Waals surface area contributed by atoms with Gasteiger partial charge in [0.25, 0.3) is 0 Å². The third-order valence-corrected chi connectivity index (χ3v) is 3.32. The molecule has 4 nitrogen and oxygen atoms in total. The summed E-state index contributed by atoms with van der Waals surface area (Å²) < 4.78 is 11.9. The predicted octanol–water partition coefficient (Wildman–Crippen LogP) is 2.93. The van der Waals surface area contributed by atoms with Crippen LogP contribution in [0.2, 0.25) is 0 Å². The van der Waals surface area contributed by atoms with Crippen LogP contribution in [0.3, 0.4) is 0 Å². The van der Waals surface area contributed by atoms with Crippen molar-refractivity contribution in [2.75, 3.05) is 13.7 Å². The van der Waals surface area contributed by atoms with Crippen molar-refractivity contribution in [3.05, 3.63) is 52.8 Å². The Balaban J connectivity index is 2.19. The van der Waals surface area contributed by atoms with E-state index in [0.29, 0.717) is 6.54 Å². The van der Waals surface area contributed by atoms with Crippen molar-refractivity contribution in [2.24, 2.45) is 5.73 Å². The van der Waals surface area contributed by atoms with Crippen molar-refractivity contribution < 1.29 is 9.47 Å². The lowest BCUT2D eigenvalue weighted by Crippen LogP contribution is -2.18. The third kappa shape index (κ3) is 3.45. The molecule has 0 radical (unpaired) electrons. The highest BCUT2D eigenvalue weighted by Gasteiger charge is 2.13. The van der Waals surface area contributed by atoms with Crippen LogP contribution in [0.1, 0.15) is 11.7 Å². The van der Waals surface area contributed by atoms with Gasteiger partial charge in [0.1, 0.15) is 17.6 Å². The summed E-state index contributed by atoms with van der Waals surface area (Å²) in [5.41, 5.74) is 6.77. The van der Waals surface area contributed by atoms with E-state index in [0.717, 1.165) is 21.5 Å². The number of rotatable bonds is 5. The standard InChI is InChI=1S/C14H15BrN2O2/c1-18-11-2-3-13(12(15)8-11)19-14(9-16)10-4-6-17-7-5-10/h2-8,14H,9,16H2,1H3. The van der Waals surface area contributed by atoms with Crippen LogP contribution in [0.4, 0.5) is 0 Å². The van der Waals surface area contributed by atoms with E-state index in [9.17, 15) is 0 Å². The Kier molecular flexibility index (Phi) is 4.76. The van der Waals surface area contributed by atoms with Crippen LogP contribution in [-0.4, -0.2) is 18.6 Å². The monoisotopic (exact) mass is 322 g/mol.